The number of imide groups is 1. The van der Waals surface area contributed by atoms with E-state index in [0.717, 1.165) is 5.56 Å². The highest BCUT2D eigenvalue weighted by atomic mass is 16.6. The lowest BCUT2D eigenvalue weighted by molar-refractivity contribution is -0.157. The van der Waals surface area contributed by atoms with Gasteiger partial charge in [-0.1, -0.05) is 30.3 Å². The Bertz CT molecular complexity index is 1160. The summed E-state index contributed by atoms with van der Waals surface area (Å²) in [6, 6.07) is 12.5. The van der Waals surface area contributed by atoms with Crippen LogP contribution in [-0.2, 0) is 32.2 Å². The molecule has 184 valence electrons. The lowest BCUT2D eigenvalue weighted by Gasteiger charge is -2.29. The van der Waals surface area contributed by atoms with Crippen molar-refractivity contribution < 1.29 is 28.7 Å². The van der Waals surface area contributed by atoms with Crippen molar-refractivity contribution in [1.29, 1.82) is 0 Å². The number of carbonyl (C=O) groups is 4. The molecule has 2 aliphatic heterocycles. The zero-order valence-corrected chi connectivity index (χ0v) is 20.1. The van der Waals surface area contributed by atoms with E-state index in [1.54, 1.807) is 32.9 Å². The van der Waals surface area contributed by atoms with E-state index < -0.39 is 23.5 Å². The third kappa shape index (κ3) is 5.79. The van der Waals surface area contributed by atoms with Crippen molar-refractivity contribution in [2.45, 2.75) is 58.3 Å². The Morgan fingerprint density at radius 1 is 1.14 bits per heavy atom. The lowest BCUT2D eigenvalue weighted by Crippen LogP contribution is -2.52. The molecule has 0 aliphatic carbocycles. The topological polar surface area (TPSA) is 114 Å². The SMILES string of the molecule is CC(C)(C)OC(=O)COc1cc(NCc2ccccc2)cc2c1CN(C1CCC(=O)NC1=O)C2=O. The molecule has 1 unspecified atom stereocenters. The van der Waals surface area contributed by atoms with Crippen LogP contribution in [0.5, 0.6) is 5.75 Å². The first kappa shape index (κ1) is 24.3. The molecule has 0 bridgehead atoms. The minimum atomic E-state index is -0.743. The molecule has 9 nitrogen and oxygen atoms in total. The maximum absolute atomic E-state index is 13.3. The number of esters is 1. The van der Waals surface area contributed by atoms with Gasteiger partial charge in [-0.25, -0.2) is 4.79 Å². The second kappa shape index (κ2) is 9.77. The van der Waals surface area contributed by atoms with Gasteiger partial charge in [-0.3, -0.25) is 19.7 Å². The summed E-state index contributed by atoms with van der Waals surface area (Å²) >= 11 is 0. The molecule has 2 aromatic rings. The third-order valence-corrected chi connectivity index (χ3v) is 5.72. The van der Waals surface area contributed by atoms with Crippen molar-refractivity contribution in [2.75, 3.05) is 11.9 Å². The Kier molecular flexibility index (Phi) is 6.77. The molecule has 3 amide bonds. The van der Waals surface area contributed by atoms with Gasteiger partial charge in [0.05, 0.1) is 12.1 Å². The van der Waals surface area contributed by atoms with E-state index in [0.29, 0.717) is 29.1 Å². The number of hydrogen-bond donors (Lipinski definition) is 2. The zero-order chi connectivity index (χ0) is 25.2. The van der Waals surface area contributed by atoms with Crippen LogP contribution in [0.3, 0.4) is 0 Å². The number of fused-ring (bicyclic) bond motifs is 1. The Labute approximate surface area is 203 Å². The van der Waals surface area contributed by atoms with Crippen LogP contribution >= 0.6 is 0 Å². The predicted octanol–water partition coefficient (Wildman–Crippen LogP) is 2.78. The number of rotatable bonds is 7. The summed E-state index contributed by atoms with van der Waals surface area (Å²) < 4.78 is 11.2. The highest BCUT2D eigenvalue weighted by Gasteiger charge is 2.40. The molecule has 1 saturated heterocycles. The van der Waals surface area contributed by atoms with Gasteiger partial charge in [0, 0.05) is 30.3 Å². The van der Waals surface area contributed by atoms with Crippen LogP contribution in [0.4, 0.5) is 5.69 Å². The van der Waals surface area contributed by atoms with Crippen LogP contribution < -0.4 is 15.4 Å². The molecule has 0 radical (unpaired) electrons. The Morgan fingerprint density at radius 3 is 2.57 bits per heavy atom. The van der Waals surface area contributed by atoms with E-state index in [9.17, 15) is 19.2 Å². The number of benzene rings is 2. The number of nitrogens with zero attached hydrogens (tertiary/aromatic N) is 1. The molecule has 1 fully saturated rings. The van der Waals surface area contributed by atoms with E-state index >= 15 is 0 Å². The maximum Gasteiger partial charge on any atom is 0.344 e. The van der Waals surface area contributed by atoms with E-state index in [-0.39, 0.29) is 37.8 Å². The van der Waals surface area contributed by atoms with Gasteiger partial charge >= 0.3 is 5.97 Å². The van der Waals surface area contributed by atoms with Gasteiger partial charge < -0.3 is 19.7 Å². The fraction of sp³-hybridized carbons (Fsp3) is 0.385. The van der Waals surface area contributed by atoms with Crippen LogP contribution in [0, 0.1) is 0 Å². The number of piperidine rings is 1. The average Bonchev–Trinajstić information content (AvgIpc) is 3.12. The second-order valence-corrected chi connectivity index (χ2v) is 9.61. The van der Waals surface area contributed by atoms with Gasteiger partial charge in [0.1, 0.15) is 17.4 Å². The zero-order valence-electron chi connectivity index (χ0n) is 20.1. The third-order valence-electron chi connectivity index (χ3n) is 5.72. The normalized spacial score (nSPS) is 17.6. The maximum atomic E-state index is 13.3. The van der Waals surface area contributed by atoms with E-state index in [1.807, 2.05) is 30.3 Å². The number of anilines is 1. The largest absolute Gasteiger partial charge is 0.481 e. The summed E-state index contributed by atoms with van der Waals surface area (Å²) in [5, 5.41) is 5.60. The minimum absolute atomic E-state index is 0.142. The summed E-state index contributed by atoms with van der Waals surface area (Å²) in [4.78, 5) is 51.0. The van der Waals surface area contributed by atoms with Crippen LogP contribution in [0.15, 0.2) is 42.5 Å². The van der Waals surface area contributed by atoms with Crippen molar-refractivity contribution in [2.24, 2.45) is 0 Å². The highest BCUT2D eigenvalue weighted by molar-refractivity contribution is 6.06. The average molecular weight is 480 g/mol. The highest BCUT2D eigenvalue weighted by Crippen LogP contribution is 2.36. The predicted molar refractivity (Wildman–Crippen MR) is 128 cm³/mol. The van der Waals surface area contributed by atoms with Crippen molar-refractivity contribution in [3.8, 4) is 5.75 Å². The summed E-state index contributed by atoms with van der Waals surface area (Å²) in [5.74, 6) is -1.31. The van der Waals surface area contributed by atoms with Crippen molar-refractivity contribution in [3.05, 3.63) is 59.2 Å². The molecule has 35 heavy (non-hydrogen) atoms. The van der Waals surface area contributed by atoms with Gasteiger partial charge in [0.2, 0.25) is 11.8 Å². The number of ether oxygens (including phenoxy) is 2. The first-order valence-electron chi connectivity index (χ1n) is 11.5. The molecular formula is C26H29N3O6. The summed E-state index contributed by atoms with van der Waals surface area (Å²) in [6.45, 7) is 5.66. The summed E-state index contributed by atoms with van der Waals surface area (Å²) in [7, 11) is 0. The molecular weight excluding hydrogens is 450 g/mol. The quantitative estimate of drug-likeness (QED) is 0.464. The number of nitrogens with one attached hydrogen (secondary N) is 2. The summed E-state index contributed by atoms with van der Waals surface area (Å²) in [5.41, 5.74) is 2.03. The van der Waals surface area contributed by atoms with Crippen LogP contribution in [0.2, 0.25) is 0 Å². The van der Waals surface area contributed by atoms with Crippen LogP contribution in [-0.4, -0.2) is 46.8 Å². The van der Waals surface area contributed by atoms with Crippen molar-refractivity contribution in [3.63, 3.8) is 0 Å². The van der Waals surface area contributed by atoms with Gasteiger partial charge in [0.25, 0.3) is 5.91 Å². The van der Waals surface area contributed by atoms with Gasteiger partial charge in [0.15, 0.2) is 6.61 Å². The van der Waals surface area contributed by atoms with E-state index in [4.69, 9.17) is 9.47 Å². The molecule has 2 heterocycles. The smallest absolute Gasteiger partial charge is 0.344 e. The first-order valence-corrected chi connectivity index (χ1v) is 11.5. The fourth-order valence-corrected chi connectivity index (χ4v) is 4.17. The molecule has 9 heteroatoms. The molecule has 0 spiro atoms. The fourth-order valence-electron chi connectivity index (χ4n) is 4.17. The van der Waals surface area contributed by atoms with Gasteiger partial charge in [-0.2, -0.15) is 0 Å². The molecule has 0 aromatic heterocycles. The molecule has 4 rings (SSSR count). The number of amides is 3. The minimum Gasteiger partial charge on any atom is -0.481 e. The van der Waals surface area contributed by atoms with Crippen LogP contribution in [0.25, 0.3) is 0 Å². The van der Waals surface area contributed by atoms with Crippen LogP contribution in [0.1, 0.15) is 55.1 Å². The monoisotopic (exact) mass is 479 g/mol. The van der Waals surface area contributed by atoms with Crippen molar-refractivity contribution in [1.82, 2.24) is 10.2 Å². The van der Waals surface area contributed by atoms with Gasteiger partial charge in [-0.15, -0.1) is 0 Å². The molecule has 2 aliphatic rings. The molecule has 0 saturated carbocycles. The molecule has 2 aromatic carbocycles. The second-order valence-electron chi connectivity index (χ2n) is 9.61. The Morgan fingerprint density at radius 2 is 1.89 bits per heavy atom. The lowest BCUT2D eigenvalue weighted by atomic mass is 10.0. The Balaban J connectivity index is 1.58. The number of hydrogen-bond acceptors (Lipinski definition) is 7. The standard InChI is InChI=1S/C26H29N3O6/c1-26(2,3)35-23(31)15-34-21-12-17(27-13-16-7-5-4-6-8-16)11-18-19(21)14-29(25(18)33)20-9-10-22(30)28-24(20)32/h4-8,11-12,20,27H,9-10,13-15H2,1-3H3,(H,28,30,32). The van der Waals surface area contributed by atoms with Gasteiger partial charge in [-0.05, 0) is 38.8 Å². The molecule has 2 N–H and O–H groups in total. The molecule has 1 atom stereocenters. The Hall–Kier alpha value is -3.88. The number of carbonyl (C=O) groups excluding carboxylic acids is 4. The first-order chi connectivity index (χ1) is 16.6. The summed E-state index contributed by atoms with van der Waals surface area (Å²) in [6.07, 6.45) is 0.431. The van der Waals surface area contributed by atoms with Crippen molar-refractivity contribution >= 4 is 29.4 Å². The van der Waals surface area contributed by atoms with E-state index in [1.165, 1.54) is 4.90 Å². The van der Waals surface area contributed by atoms with E-state index in [2.05, 4.69) is 10.6 Å².